The lowest BCUT2D eigenvalue weighted by Crippen LogP contribution is -2.29. The zero-order valence-electron chi connectivity index (χ0n) is 20.3. The third-order valence-corrected chi connectivity index (χ3v) is 6.55. The number of rotatable bonds is 10. The van der Waals surface area contributed by atoms with Crippen LogP contribution in [0, 0.1) is 6.92 Å². The summed E-state index contributed by atoms with van der Waals surface area (Å²) in [5.74, 6) is 1.86. The number of aromatic nitrogens is 3. The van der Waals surface area contributed by atoms with E-state index in [4.69, 9.17) is 14.6 Å². The number of benzene rings is 2. The Hall–Kier alpha value is -3.52. The Morgan fingerprint density at radius 3 is 2.74 bits per heavy atom. The maximum atomic E-state index is 13.0. The van der Waals surface area contributed by atoms with Crippen molar-refractivity contribution < 1.29 is 14.3 Å². The number of anilines is 1. The number of allylic oxidation sites excluding steroid dienone is 1. The molecule has 0 saturated carbocycles. The molecule has 0 amide bonds. The summed E-state index contributed by atoms with van der Waals surface area (Å²) in [7, 11) is 0. The van der Waals surface area contributed by atoms with E-state index in [9.17, 15) is 4.79 Å². The Bertz CT molecular complexity index is 1230. The fourth-order valence-corrected chi connectivity index (χ4v) is 4.57. The lowest BCUT2D eigenvalue weighted by Gasteiger charge is -2.28. The third-order valence-electron chi connectivity index (χ3n) is 5.50. The number of ether oxygens (including phenoxy) is 2. The molecule has 1 atom stereocenters. The van der Waals surface area contributed by atoms with Gasteiger partial charge in [-0.15, -0.1) is 5.10 Å². The van der Waals surface area contributed by atoms with Gasteiger partial charge in [-0.25, -0.2) is 9.48 Å². The van der Waals surface area contributed by atoms with Crippen molar-refractivity contribution in [1.29, 1.82) is 0 Å². The van der Waals surface area contributed by atoms with Gasteiger partial charge in [-0.05, 0) is 43.5 Å². The van der Waals surface area contributed by atoms with E-state index in [0.717, 1.165) is 29.1 Å². The molecule has 1 unspecified atom stereocenters. The van der Waals surface area contributed by atoms with Gasteiger partial charge >= 0.3 is 5.97 Å². The van der Waals surface area contributed by atoms with E-state index in [-0.39, 0.29) is 6.61 Å². The molecule has 1 aliphatic rings. The van der Waals surface area contributed by atoms with Crippen LogP contribution >= 0.6 is 11.8 Å². The number of hydrogen-bond acceptors (Lipinski definition) is 7. The lowest BCUT2D eigenvalue weighted by atomic mass is 9.96. The van der Waals surface area contributed by atoms with Gasteiger partial charge in [0.15, 0.2) is 0 Å². The lowest BCUT2D eigenvalue weighted by molar-refractivity contribution is -0.138. The van der Waals surface area contributed by atoms with Crippen LogP contribution in [0.25, 0.3) is 0 Å². The van der Waals surface area contributed by atoms with E-state index >= 15 is 0 Å². The first-order valence-corrected chi connectivity index (χ1v) is 12.6. The topological polar surface area (TPSA) is 78.3 Å². The van der Waals surface area contributed by atoms with Gasteiger partial charge in [0, 0.05) is 11.4 Å². The van der Waals surface area contributed by atoms with Gasteiger partial charge in [-0.2, -0.15) is 4.98 Å². The second kappa shape index (κ2) is 11.3. The van der Waals surface area contributed by atoms with E-state index in [1.807, 2.05) is 43.3 Å². The van der Waals surface area contributed by atoms with Gasteiger partial charge < -0.3 is 14.8 Å². The molecule has 7 nitrogen and oxygen atoms in total. The molecule has 2 heterocycles. The van der Waals surface area contributed by atoms with Gasteiger partial charge in [0.1, 0.15) is 25.0 Å². The molecule has 8 heteroatoms. The average molecular weight is 491 g/mol. The van der Waals surface area contributed by atoms with Crippen molar-refractivity contribution in [2.45, 2.75) is 45.0 Å². The Balaban J connectivity index is 1.62. The molecule has 0 spiro atoms. The van der Waals surface area contributed by atoms with Crippen molar-refractivity contribution in [1.82, 2.24) is 14.8 Å². The van der Waals surface area contributed by atoms with E-state index in [1.54, 1.807) is 22.5 Å². The van der Waals surface area contributed by atoms with Crippen LogP contribution < -0.4 is 10.1 Å². The first-order valence-electron chi connectivity index (χ1n) is 11.6. The van der Waals surface area contributed by atoms with Crippen LogP contribution in [0.2, 0.25) is 0 Å². The number of carbonyl (C=O) groups is 1. The minimum absolute atomic E-state index is 0.135. The van der Waals surface area contributed by atoms with Crippen molar-refractivity contribution in [3.05, 3.63) is 89.1 Å². The Kier molecular flexibility index (Phi) is 7.92. The van der Waals surface area contributed by atoms with Crippen LogP contribution in [-0.2, 0) is 16.1 Å². The molecule has 182 valence electrons. The highest BCUT2D eigenvalue weighted by Crippen LogP contribution is 2.37. The summed E-state index contributed by atoms with van der Waals surface area (Å²) >= 11 is 1.59. The van der Waals surface area contributed by atoms with Crippen LogP contribution in [0.1, 0.15) is 43.0 Å². The number of nitrogens with one attached hydrogen (secondary N) is 1. The van der Waals surface area contributed by atoms with Crippen LogP contribution in [0.15, 0.2) is 77.6 Å². The molecule has 3 aromatic rings. The second-order valence-electron chi connectivity index (χ2n) is 8.31. The van der Waals surface area contributed by atoms with E-state index in [0.29, 0.717) is 29.0 Å². The molecule has 1 aromatic heterocycles. The van der Waals surface area contributed by atoms with E-state index in [2.05, 4.69) is 42.9 Å². The summed E-state index contributed by atoms with van der Waals surface area (Å²) in [6.45, 7) is 10.3. The average Bonchev–Trinajstić information content (AvgIpc) is 3.26. The fourth-order valence-electron chi connectivity index (χ4n) is 3.89. The van der Waals surface area contributed by atoms with Gasteiger partial charge in [0.05, 0.1) is 5.57 Å². The minimum Gasteiger partial charge on any atom is -0.489 e. The Morgan fingerprint density at radius 1 is 1.23 bits per heavy atom. The molecule has 0 radical (unpaired) electrons. The molecule has 35 heavy (non-hydrogen) atoms. The second-order valence-corrected chi connectivity index (χ2v) is 9.37. The predicted molar refractivity (Wildman–Crippen MR) is 139 cm³/mol. The van der Waals surface area contributed by atoms with Crippen molar-refractivity contribution in [2.75, 3.05) is 17.7 Å². The molecule has 2 aromatic carbocycles. The highest BCUT2D eigenvalue weighted by Gasteiger charge is 2.35. The number of aryl methyl sites for hydroxylation is 1. The van der Waals surface area contributed by atoms with Crippen molar-refractivity contribution in [3.8, 4) is 5.75 Å². The Labute approximate surface area is 210 Å². The van der Waals surface area contributed by atoms with E-state index < -0.39 is 12.0 Å². The predicted octanol–water partition coefficient (Wildman–Crippen LogP) is 5.69. The van der Waals surface area contributed by atoms with Crippen LogP contribution in [0.5, 0.6) is 5.75 Å². The molecule has 0 fully saturated rings. The quantitative estimate of drug-likeness (QED) is 0.222. The van der Waals surface area contributed by atoms with Gasteiger partial charge in [0.25, 0.3) is 0 Å². The van der Waals surface area contributed by atoms with E-state index in [1.165, 1.54) is 5.56 Å². The molecule has 4 rings (SSSR count). The normalized spacial score (nSPS) is 14.8. The molecule has 0 aliphatic carbocycles. The SMILES string of the molecule is C=CCOC(=O)C1=C(C)Nc2nc(SCCC)nn2C1c1ccc(OCc2cccc(C)c2)cc1. The van der Waals surface area contributed by atoms with Gasteiger partial charge in [-0.3, -0.25) is 0 Å². The van der Waals surface area contributed by atoms with Gasteiger partial charge in [-0.1, -0.05) is 73.3 Å². The van der Waals surface area contributed by atoms with Crippen molar-refractivity contribution in [2.24, 2.45) is 0 Å². The molecule has 1 N–H and O–H groups in total. The van der Waals surface area contributed by atoms with Crippen molar-refractivity contribution in [3.63, 3.8) is 0 Å². The summed E-state index contributed by atoms with van der Waals surface area (Å²) in [6, 6.07) is 15.5. The zero-order valence-corrected chi connectivity index (χ0v) is 21.1. The maximum absolute atomic E-state index is 13.0. The van der Waals surface area contributed by atoms with Crippen LogP contribution in [0.3, 0.4) is 0 Å². The molecule has 0 bridgehead atoms. The number of esters is 1. The summed E-state index contributed by atoms with van der Waals surface area (Å²) in [4.78, 5) is 17.7. The summed E-state index contributed by atoms with van der Waals surface area (Å²) in [5.41, 5.74) is 4.38. The number of carbonyl (C=O) groups excluding carboxylic acids is 1. The highest BCUT2D eigenvalue weighted by atomic mass is 32.2. The standard InChI is InChI=1S/C27H30N4O3S/c1-5-14-33-25(32)23-19(4)28-26-29-27(35-15-6-2)30-31(26)24(23)21-10-12-22(13-11-21)34-17-20-9-7-8-18(3)16-20/h5,7-13,16,24H,1,6,14-15,17H2,2-4H3,(H,28,29,30). The minimum atomic E-state index is -0.474. The fraction of sp³-hybridized carbons (Fsp3) is 0.296. The molecule has 1 aliphatic heterocycles. The maximum Gasteiger partial charge on any atom is 0.338 e. The first kappa shape index (κ1) is 24.6. The highest BCUT2D eigenvalue weighted by molar-refractivity contribution is 7.99. The molecular formula is C27H30N4O3S. The Morgan fingerprint density at radius 2 is 2.03 bits per heavy atom. The van der Waals surface area contributed by atoms with Crippen molar-refractivity contribution >= 4 is 23.7 Å². The number of thioether (sulfide) groups is 1. The largest absolute Gasteiger partial charge is 0.489 e. The number of nitrogens with zero attached hydrogens (tertiary/aromatic N) is 3. The zero-order chi connectivity index (χ0) is 24.8. The number of hydrogen-bond donors (Lipinski definition) is 1. The summed E-state index contributed by atoms with van der Waals surface area (Å²) in [5, 5.41) is 8.61. The molecule has 0 saturated heterocycles. The summed E-state index contributed by atoms with van der Waals surface area (Å²) in [6.07, 6.45) is 2.58. The summed E-state index contributed by atoms with van der Waals surface area (Å²) < 4.78 is 13.2. The van der Waals surface area contributed by atoms with Gasteiger partial charge in [0.2, 0.25) is 11.1 Å². The first-order chi connectivity index (χ1) is 17.0. The smallest absolute Gasteiger partial charge is 0.338 e. The monoisotopic (exact) mass is 490 g/mol. The van der Waals surface area contributed by atoms with Crippen LogP contribution in [-0.4, -0.2) is 33.1 Å². The van der Waals surface area contributed by atoms with Crippen LogP contribution in [0.4, 0.5) is 5.95 Å². The third kappa shape index (κ3) is 5.77. The molecular weight excluding hydrogens is 460 g/mol. The number of fused-ring (bicyclic) bond motifs is 1.